The maximum Gasteiger partial charge on any atom is 0.258 e. The van der Waals surface area contributed by atoms with Gasteiger partial charge in [-0.2, -0.15) is 0 Å². The summed E-state index contributed by atoms with van der Waals surface area (Å²) in [6.45, 7) is 5.79. The van der Waals surface area contributed by atoms with E-state index in [1.807, 2.05) is 66.1 Å². The highest BCUT2D eigenvalue weighted by molar-refractivity contribution is 5.82. The number of aliphatic hydroxyl groups is 1. The fourth-order valence-electron chi connectivity index (χ4n) is 5.30. The van der Waals surface area contributed by atoms with Crippen molar-refractivity contribution in [1.82, 2.24) is 14.8 Å². The van der Waals surface area contributed by atoms with Gasteiger partial charge in [0.15, 0.2) is 0 Å². The molecule has 2 aliphatic heterocycles. The van der Waals surface area contributed by atoms with Gasteiger partial charge in [-0.1, -0.05) is 43.3 Å². The number of aliphatic hydroxyl groups excluding tert-OH is 1. The number of carbonyl (C=O) groups excluding carboxylic acids is 1. The van der Waals surface area contributed by atoms with E-state index in [0.717, 1.165) is 24.2 Å². The van der Waals surface area contributed by atoms with Gasteiger partial charge in [-0.15, -0.1) is 0 Å². The first kappa shape index (κ1) is 21.5. The van der Waals surface area contributed by atoms with E-state index in [1.54, 1.807) is 0 Å². The molecular formula is C25H31N3O3. The molecule has 0 spiro atoms. The van der Waals surface area contributed by atoms with Crippen LogP contribution in [-0.4, -0.2) is 46.2 Å². The van der Waals surface area contributed by atoms with Crippen LogP contribution in [0, 0.1) is 11.8 Å². The minimum absolute atomic E-state index is 0.0122. The molecular weight excluding hydrogens is 390 g/mol. The van der Waals surface area contributed by atoms with Crippen molar-refractivity contribution >= 4 is 18.1 Å². The van der Waals surface area contributed by atoms with Gasteiger partial charge in [0.1, 0.15) is 0 Å². The molecule has 6 nitrogen and oxygen atoms in total. The van der Waals surface area contributed by atoms with E-state index < -0.39 is 0 Å². The largest absolute Gasteiger partial charge is 0.396 e. The molecule has 0 radical (unpaired) electrons. The molecule has 1 saturated heterocycles. The van der Waals surface area contributed by atoms with Gasteiger partial charge in [0, 0.05) is 42.8 Å². The van der Waals surface area contributed by atoms with Crippen molar-refractivity contribution < 1.29 is 9.90 Å². The second-order valence-corrected chi connectivity index (χ2v) is 8.41. The number of aromatic nitrogens is 1. The third kappa shape index (κ3) is 3.86. The Kier molecular flexibility index (Phi) is 6.39. The molecule has 4 atom stereocenters. The standard InChI is InChI=1S/C25H31N3O3/c1-3-14-27-22-19(20(16-29)23(27)24(30)26-4-2)15-28-21(22)13-12-18(25(28)31)11-10-17-8-6-5-7-9-17/h5-13,19-20,22-23,29H,3-4,14-16H2,1-2H3,(H,26,30)/b11-10+/t19-,20-,22+,23-/m1/s1. The normalized spacial score (nSPS) is 25.0. The first-order chi connectivity index (χ1) is 15.1. The summed E-state index contributed by atoms with van der Waals surface area (Å²) < 4.78 is 1.85. The number of nitrogens with zero attached hydrogens (tertiary/aromatic N) is 2. The van der Waals surface area contributed by atoms with Crippen molar-refractivity contribution in [3.8, 4) is 0 Å². The topological polar surface area (TPSA) is 74.6 Å². The first-order valence-corrected chi connectivity index (χ1v) is 11.2. The Morgan fingerprint density at radius 1 is 1.16 bits per heavy atom. The molecule has 0 bridgehead atoms. The van der Waals surface area contributed by atoms with E-state index in [1.165, 1.54) is 0 Å². The molecule has 4 rings (SSSR count). The summed E-state index contributed by atoms with van der Waals surface area (Å²) in [4.78, 5) is 28.3. The molecule has 1 aromatic heterocycles. The summed E-state index contributed by atoms with van der Waals surface area (Å²) in [5.74, 6) is -0.170. The number of hydrogen-bond donors (Lipinski definition) is 2. The highest BCUT2D eigenvalue weighted by atomic mass is 16.3. The number of nitrogens with one attached hydrogen (secondary N) is 1. The Labute approximate surface area is 183 Å². The van der Waals surface area contributed by atoms with E-state index in [4.69, 9.17) is 0 Å². The Morgan fingerprint density at radius 3 is 2.61 bits per heavy atom. The summed E-state index contributed by atoms with van der Waals surface area (Å²) in [6, 6.07) is 13.4. The van der Waals surface area contributed by atoms with E-state index in [2.05, 4.69) is 17.1 Å². The highest BCUT2D eigenvalue weighted by Crippen LogP contribution is 2.49. The molecule has 3 heterocycles. The molecule has 0 saturated carbocycles. The van der Waals surface area contributed by atoms with Crippen LogP contribution in [0.1, 0.15) is 43.1 Å². The molecule has 1 amide bonds. The quantitative estimate of drug-likeness (QED) is 0.721. The van der Waals surface area contributed by atoms with Crippen LogP contribution < -0.4 is 10.9 Å². The molecule has 31 heavy (non-hydrogen) atoms. The van der Waals surface area contributed by atoms with Crippen molar-refractivity contribution in [2.24, 2.45) is 11.8 Å². The van der Waals surface area contributed by atoms with Crippen molar-refractivity contribution in [2.75, 3.05) is 19.7 Å². The van der Waals surface area contributed by atoms with Gasteiger partial charge in [-0.3, -0.25) is 14.5 Å². The fourth-order valence-corrected chi connectivity index (χ4v) is 5.30. The van der Waals surface area contributed by atoms with Crippen molar-refractivity contribution in [3.05, 3.63) is 69.6 Å². The van der Waals surface area contributed by atoms with Gasteiger partial charge in [0.2, 0.25) is 5.91 Å². The van der Waals surface area contributed by atoms with Crippen LogP contribution in [0.15, 0.2) is 47.3 Å². The summed E-state index contributed by atoms with van der Waals surface area (Å²) in [7, 11) is 0. The second-order valence-electron chi connectivity index (χ2n) is 8.41. The zero-order valence-electron chi connectivity index (χ0n) is 18.2. The number of fused-ring (bicyclic) bond motifs is 3. The van der Waals surface area contributed by atoms with Crippen LogP contribution in [0.2, 0.25) is 0 Å². The van der Waals surface area contributed by atoms with Crippen LogP contribution in [0.3, 0.4) is 0 Å². The van der Waals surface area contributed by atoms with Gasteiger partial charge in [0.05, 0.1) is 12.1 Å². The Hall–Kier alpha value is -2.70. The number of pyridine rings is 1. The third-order valence-corrected chi connectivity index (χ3v) is 6.58. The number of hydrogen-bond acceptors (Lipinski definition) is 4. The highest BCUT2D eigenvalue weighted by Gasteiger charge is 2.55. The van der Waals surface area contributed by atoms with Crippen LogP contribution in [0.25, 0.3) is 12.2 Å². The number of benzene rings is 1. The second kappa shape index (κ2) is 9.20. The molecule has 6 heteroatoms. The smallest absolute Gasteiger partial charge is 0.258 e. The van der Waals surface area contributed by atoms with Gasteiger partial charge in [-0.05, 0) is 43.7 Å². The van der Waals surface area contributed by atoms with Crippen LogP contribution in [-0.2, 0) is 11.3 Å². The van der Waals surface area contributed by atoms with E-state index in [9.17, 15) is 14.7 Å². The van der Waals surface area contributed by atoms with E-state index in [0.29, 0.717) is 18.7 Å². The lowest BCUT2D eigenvalue weighted by Gasteiger charge is -2.30. The van der Waals surface area contributed by atoms with Gasteiger partial charge in [0.25, 0.3) is 5.56 Å². The zero-order chi connectivity index (χ0) is 22.0. The average molecular weight is 422 g/mol. The minimum atomic E-state index is -0.360. The van der Waals surface area contributed by atoms with Crippen LogP contribution in [0.4, 0.5) is 0 Å². The molecule has 1 aromatic carbocycles. The van der Waals surface area contributed by atoms with E-state index >= 15 is 0 Å². The SMILES string of the molecule is CCCN1[C@@H]2c3ccc(/C=C/c4ccccc4)c(=O)n3C[C@@H]2[C@@H](CO)[C@@H]1C(=O)NCC. The van der Waals surface area contributed by atoms with Gasteiger partial charge < -0.3 is 15.0 Å². The summed E-state index contributed by atoms with van der Waals surface area (Å²) >= 11 is 0. The predicted octanol–water partition coefficient (Wildman–Crippen LogP) is 2.53. The molecule has 0 unspecified atom stereocenters. The van der Waals surface area contributed by atoms with Gasteiger partial charge in [-0.25, -0.2) is 0 Å². The molecule has 2 aliphatic rings. The lowest BCUT2D eigenvalue weighted by molar-refractivity contribution is -0.127. The van der Waals surface area contributed by atoms with Crippen molar-refractivity contribution in [2.45, 2.75) is 38.9 Å². The van der Waals surface area contributed by atoms with Crippen LogP contribution in [0.5, 0.6) is 0 Å². The predicted molar refractivity (Wildman–Crippen MR) is 122 cm³/mol. The minimum Gasteiger partial charge on any atom is -0.396 e. The molecule has 164 valence electrons. The van der Waals surface area contributed by atoms with Crippen molar-refractivity contribution in [3.63, 3.8) is 0 Å². The number of carbonyl (C=O) groups is 1. The lowest BCUT2D eigenvalue weighted by atomic mass is 9.88. The molecule has 0 aliphatic carbocycles. The fraction of sp³-hybridized carbons (Fsp3) is 0.440. The number of rotatable bonds is 7. The Balaban J connectivity index is 1.69. The average Bonchev–Trinajstić information content (AvgIpc) is 3.30. The molecule has 2 N–H and O–H groups in total. The first-order valence-electron chi connectivity index (χ1n) is 11.2. The Bertz CT molecular complexity index is 1010. The number of amides is 1. The summed E-state index contributed by atoms with van der Waals surface area (Å²) in [6.07, 6.45) is 4.72. The number of likely N-dealkylation sites (tertiary alicyclic amines) is 1. The maximum absolute atomic E-state index is 13.2. The molecule has 1 fully saturated rings. The monoisotopic (exact) mass is 421 g/mol. The lowest BCUT2D eigenvalue weighted by Crippen LogP contribution is -2.48. The van der Waals surface area contributed by atoms with Crippen molar-refractivity contribution in [1.29, 1.82) is 0 Å². The zero-order valence-corrected chi connectivity index (χ0v) is 18.2. The van der Waals surface area contributed by atoms with Gasteiger partial charge >= 0.3 is 0 Å². The Morgan fingerprint density at radius 2 is 1.94 bits per heavy atom. The van der Waals surface area contributed by atoms with E-state index in [-0.39, 0.29) is 42.0 Å². The number of likely N-dealkylation sites (N-methyl/N-ethyl adjacent to an activating group) is 1. The maximum atomic E-state index is 13.2. The van der Waals surface area contributed by atoms with Crippen LogP contribution >= 0.6 is 0 Å². The summed E-state index contributed by atoms with van der Waals surface area (Å²) in [5, 5.41) is 13.1. The summed E-state index contributed by atoms with van der Waals surface area (Å²) in [5.41, 5.74) is 2.63. The molecule has 2 aromatic rings. The third-order valence-electron chi connectivity index (χ3n) is 6.58.